The van der Waals surface area contributed by atoms with Crippen LogP contribution in [0.2, 0.25) is 0 Å². The first-order chi connectivity index (χ1) is 8.63. The number of nitrogens with two attached hydrogens (primary N) is 1. The summed E-state index contributed by atoms with van der Waals surface area (Å²) in [6, 6.07) is 4.70. The summed E-state index contributed by atoms with van der Waals surface area (Å²) in [5, 5.41) is 12.2. The maximum absolute atomic E-state index is 11.4. The van der Waals surface area contributed by atoms with Crippen molar-refractivity contribution in [1.29, 1.82) is 0 Å². The molecule has 1 amide bonds. The number of phenols is 1. The van der Waals surface area contributed by atoms with Gasteiger partial charge in [-0.3, -0.25) is 4.79 Å². The summed E-state index contributed by atoms with van der Waals surface area (Å²) in [5.41, 5.74) is 6.69. The summed E-state index contributed by atoms with van der Waals surface area (Å²) in [7, 11) is 1.56. The van der Waals surface area contributed by atoms with Crippen molar-refractivity contribution < 1.29 is 19.4 Å². The molecule has 0 fully saturated rings. The Morgan fingerprint density at radius 1 is 1.44 bits per heavy atom. The van der Waals surface area contributed by atoms with Crippen LogP contribution in [0.5, 0.6) is 5.75 Å². The van der Waals surface area contributed by atoms with Crippen LogP contribution in [0.25, 0.3) is 0 Å². The van der Waals surface area contributed by atoms with Crippen LogP contribution in [-0.4, -0.2) is 37.9 Å². The first kappa shape index (κ1) is 14.3. The Bertz CT molecular complexity index is 396. The number of benzene rings is 1. The van der Waals surface area contributed by atoms with Gasteiger partial charge in [-0.25, -0.2) is 0 Å². The summed E-state index contributed by atoms with van der Waals surface area (Å²) >= 11 is 0. The second-order valence-corrected chi connectivity index (χ2v) is 3.71. The number of hydrogen-bond acceptors (Lipinski definition) is 5. The van der Waals surface area contributed by atoms with Crippen molar-refractivity contribution in [3.05, 3.63) is 23.8 Å². The van der Waals surface area contributed by atoms with Gasteiger partial charge >= 0.3 is 0 Å². The molecule has 18 heavy (non-hydrogen) atoms. The molecule has 0 aliphatic carbocycles. The van der Waals surface area contributed by atoms with Crippen molar-refractivity contribution >= 4 is 11.6 Å². The molecule has 1 aromatic rings. The minimum atomic E-state index is -0.257. The van der Waals surface area contributed by atoms with Gasteiger partial charge in [0.2, 0.25) is 5.91 Å². The van der Waals surface area contributed by atoms with E-state index in [9.17, 15) is 9.90 Å². The fourth-order valence-corrected chi connectivity index (χ4v) is 1.30. The molecule has 6 heteroatoms. The third-order valence-corrected chi connectivity index (χ3v) is 2.24. The lowest BCUT2D eigenvalue weighted by molar-refractivity contribution is -0.126. The van der Waals surface area contributed by atoms with Crippen LogP contribution in [0.4, 0.5) is 5.69 Å². The molecule has 0 atom stereocenters. The van der Waals surface area contributed by atoms with Crippen molar-refractivity contribution in [2.45, 2.75) is 6.54 Å². The van der Waals surface area contributed by atoms with Crippen LogP contribution >= 0.6 is 0 Å². The monoisotopic (exact) mass is 254 g/mol. The van der Waals surface area contributed by atoms with Crippen molar-refractivity contribution in [2.75, 3.05) is 32.7 Å². The van der Waals surface area contributed by atoms with E-state index in [2.05, 4.69) is 5.32 Å². The topological polar surface area (TPSA) is 93.8 Å². The van der Waals surface area contributed by atoms with E-state index in [-0.39, 0.29) is 24.8 Å². The first-order valence-corrected chi connectivity index (χ1v) is 5.54. The van der Waals surface area contributed by atoms with Crippen LogP contribution in [0.15, 0.2) is 18.2 Å². The van der Waals surface area contributed by atoms with Gasteiger partial charge in [0.05, 0.1) is 13.2 Å². The number of anilines is 1. The summed E-state index contributed by atoms with van der Waals surface area (Å²) in [5.74, 6) is -0.155. The molecule has 0 aromatic heterocycles. The van der Waals surface area contributed by atoms with E-state index >= 15 is 0 Å². The van der Waals surface area contributed by atoms with E-state index in [1.807, 2.05) is 0 Å². The molecule has 0 heterocycles. The molecule has 4 N–H and O–H groups in total. The summed E-state index contributed by atoms with van der Waals surface area (Å²) in [6.45, 7) is 0.993. The van der Waals surface area contributed by atoms with Gasteiger partial charge in [0, 0.05) is 24.9 Å². The molecule has 1 rings (SSSR count). The Morgan fingerprint density at radius 2 is 2.22 bits per heavy atom. The summed E-state index contributed by atoms with van der Waals surface area (Å²) in [6.07, 6.45) is 0. The number of nitrogen functional groups attached to an aromatic ring is 1. The highest BCUT2D eigenvalue weighted by Gasteiger charge is 2.05. The lowest BCUT2D eigenvalue weighted by Gasteiger charge is -2.08. The zero-order chi connectivity index (χ0) is 13.4. The second-order valence-electron chi connectivity index (χ2n) is 3.71. The van der Waals surface area contributed by atoms with Crippen molar-refractivity contribution in [3.8, 4) is 5.75 Å². The Balaban J connectivity index is 2.31. The first-order valence-electron chi connectivity index (χ1n) is 5.54. The number of rotatable bonds is 7. The van der Waals surface area contributed by atoms with Crippen LogP contribution in [0.3, 0.4) is 0 Å². The fraction of sp³-hybridized carbons (Fsp3) is 0.417. The average molecular weight is 254 g/mol. The van der Waals surface area contributed by atoms with Crippen molar-refractivity contribution in [1.82, 2.24) is 5.32 Å². The van der Waals surface area contributed by atoms with Gasteiger partial charge in [-0.1, -0.05) is 0 Å². The molecular formula is C12H18N2O4. The third-order valence-electron chi connectivity index (χ3n) is 2.24. The highest BCUT2D eigenvalue weighted by molar-refractivity contribution is 5.77. The lowest BCUT2D eigenvalue weighted by Crippen LogP contribution is -2.27. The minimum absolute atomic E-state index is 0.0353. The summed E-state index contributed by atoms with van der Waals surface area (Å²) in [4.78, 5) is 11.4. The molecule has 1 aromatic carbocycles. The van der Waals surface area contributed by atoms with Gasteiger partial charge < -0.3 is 25.6 Å². The second kappa shape index (κ2) is 7.52. The van der Waals surface area contributed by atoms with E-state index in [1.54, 1.807) is 19.2 Å². The van der Waals surface area contributed by atoms with Crippen molar-refractivity contribution in [2.24, 2.45) is 0 Å². The van der Waals surface area contributed by atoms with Crippen LogP contribution in [0.1, 0.15) is 5.56 Å². The number of phenolic OH excluding ortho intramolecular Hbond substituents is 1. The molecule has 100 valence electrons. The number of hydrogen-bond donors (Lipinski definition) is 3. The molecule has 0 saturated heterocycles. The number of carbonyl (C=O) groups excluding carboxylic acids is 1. The highest BCUT2D eigenvalue weighted by atomic mass is 16.5. The number of ether oxygens (including phenoxy) is 2. The van der Waals surface area contributed by atoms with E-state index in [0.717, 1.165) is 0 Å². The maximum atomic E-state index is 11.4. The Labute approximate surface area is 106 Å². The van der Waals surface area contributed by atoms with E-state index in [4.69, 9.17) is 15.2 Å². The smallest absolute Gasteiger partial charge is 0.246 e. The van der Waals surface area contributed by atoms with Gasteiger partial charge in [0.15, 0.2) is 0 Å². The van der Waals surface area contributed by atoms with Crippen LogP contribution in [-0.2, 0) is 20.8 Å². The predicted octanol–water partition coefficient (Wildman–Crippen LogP) is 0.254. The average Bonchev–Trinajstić information content (AvgIpc) is 2.36. The maximum Gasteiger partial charge on any atom is 0.246 e. The number of methoxy groups -OCH3 is 1. The number of amides is 1. The fourth-order valence-electron chi connectivity index (χ4n) is 1.30. The third kappa shape index (κ3) is 5.03. The van der Waals surface area contributed by atoms with Crippen LogP contribution in [0, 0.1) is 0 Å². The predicted molar refractivity (Wildman–Crippen MR) is 67.1 cm³/mol. The quantitative estimate of drug-likeness (QED) is 0.368. The van der Waals surface area contributed by atoms with Gasteiger partial charge in [-0.05, 0) is 18.2 Å². The van der Waals surface area contributed by atoms with Crippen LogP contribution < -0.4 is 11.1 Å². The van der Waals surface area contributed by atoms with Gasteiger partial charge in [-0.2, -0.15) is 0 Å². The number of nitrogens with one attached hydrogen (secondary N) is 1. The lowest BCUT2D eigenvalue weighted by atomic mass is 10.2. The molecule has 0 radical (unpaired) electrons. The van der Waals surface area contributed by atoms with Gasteiger partial charge in [0.25, 0.3) is 0 Å². The highest BCUT2D eigenvalue weighted by Crippen LogP contribution is 2.19. The van der Waals surface area contributed by atoms with E-state index in [0.29, 0.717) is 24.5 Å². The van der Waals surface area contributed by atoms with Gasteiger partial charge in [-0.15, -0.1) is 0 Å². The SMILES string of the molecule is COCCOCC(=O)NCc1cc(N)ccc1O. The molecule has 0 bridgehead atoms. The van der Waals surface area contributed by atoms with Crippen molar-refractivity contribution in [3.63, 3.8) is 0 Å². The standard InChI is InChI=1S/C12H18N2O4/c1-17-4-5-18-8-12(16)14-7-9-6-10(13)2-3-11(9)15/h2-3,6,15H,4-5,7-8,13H2,1H3,(H,14,16). The Kier molecular flexibility index (Phi) is 5.96. The molecule has 0 unspecified atom stereocenters. The zero-order valence-electron chi connectivity index (χ0n) is 10.3. The molecule has 6 nitrogen and oxygen atoms in total. The largest absolute Gasteiger partial charge is 0.508 e. The Morgan fingerprint density at radius 3 is 2.94 bits per heavy atom. The molecule has 0 aliphatic heterocycles. The normalized spacial score (nSPS) is 10.3. The molecular weight excluding hydrogens is 236 g/mol. The molecule has 0 aliphatic rings. The van der Waals surface area contributed by atoms with Gasteiger partial charge in [0.1, 0.15) is 12.4 Å². The minimum Gasteiger partial charge on any atom is -0.508 e. The summed E-state index contributed by atoms with van der Waals surface area (Å²) < 4.78 is 9.83. The number of carbonyl (C=O) groups is 1. The number of aromatic hydroxyl groups is 1. The Hall–Kier alpha value is -1.79. The molecule has 0 spiro atoms. The molecule has 0 saturated carbocycles. The van der Waals surface area contributed by atoms with E-state index < -0.39 is 0 Å². The van der Waals surface area contributed by atoms with E-state index in [1.165, 1.54) is 6.07 Å². The zero-order valence-corrected chi connectivity index (χ0v) is 10.3.